The number of benzene rings is 1. The summed E-state index contributed by atoms with van der Waals surface area (Å²) < 4.78 is 59.7. The van der Waals surface area contributed by atoms with Crippen molar-refractivity contribution in [1.29, 1.82) is 0 Å². The van der Waals surface area contributed by atoms with Crippen molar-refractivity contribution >= 4 is 17.4 Å². The van der Waals surface area contributed by atoms with Crippen molar-refractivity contribution in [1.82, 2.24) is 4.98 Å². The molecule has 0 unspecified atom stereocenters. The van der Waals surface area contributed by atoms with Crippen LogP contribution in [0.15, 0.2) is 33.9 Å². The molecular formula is C17H16F4N4O2. The summed E-state index contributed by atoms with van der Waals surface area (Å²) in [6.07, 6.45) is -4.00. The van der Waals surface area contributed by atoms with E-state index in [1.165, 1.54) is 13.0 Å². The van der Waals surface area contributed by atoms with Gasteiger partial charge in [-0.3, -0.25) is 9.79 Å². The minimum atomic E-state index is -4.62. The Morgan fingerprint density at radius 2 is 2.11 bits per heavy atom. The summed E-state index contributed by atoms with van der Waals surface area (Å²) >= 11 is 0. The van der Waals surface area contributed by atoms with Gasteiger partial charge in [-0.05, 0) is 25.1 Å². The van der Waals surface area contributed by atoms with Gasteiger partial charge in [0.1, 0.15) is 12.1 Å². The monoisotopic (exact) mass is 384 g/mol. The zero-order valence-electron chi connectivity index (χ0n) is 14.4. The lowest BCUT2D eigenvalue weighted by atomic mass is 9.79. The van der Waals surface area contributed by atoms with Crippen LogP contribution in [0.25, 0.3) is 0 Å². The van der Waals surface area contributed by atoms with Crippen molar-refractivity contribution in [2.75, 3.05) is 5.32 Å². The van der Waals surface area contributed by atoms with E-state index in [1.807, 2.05) is 0 Å². The third-order valence-corrected chi connectivity index (χ3v) is 4.48. The first kappa shape index (κ1) is 18.9. The van der Waals surface area contributed by atoms with E-state index < -0.39 is 35.8 Å². The SMILES string of the molecule is Cc1nc(C(=O)Nc2ccc(F)c([C@]3(C)N=C(N)C[C@@H]3C(F)(F)F)c2)co1. The van der Waals surface area contributed by atoms with E-state index in [4.69, 9.17) is 10.2 Å². The highest BCUT2D eigenvalue weighted by molar-refractivity contribution is 6.02. The molecule has 1 aliphatic rings. The average Bonchev–Trinajstić information content (AvgIpc) is 3.12. The zero-order chi connectivity index (χ0) is 20.0. The molecule has 1 aromatic carbocycles. The number of nitrogens with two attached hydrogens (primary N) is 1. The normalized spacial score (nSPS) is 22.6. The predicted octanol–water partition coefficient (Wildman–Crippen LogP) is 3.53. The van der Waals surface area contributed by atoms with Crippen LogP contribution in [0.3, 0.4) is 0 Å². The number of carbonyl (C=O) groups is 1. The molecule has 10 heteroatoms. The van der Waals surface area contributed by atoms with Crippen LogP contribution in [0.1, 0.15) is 35.3 Å². The standard InChI is InChI=1S/C17H16F4N4O2/c1-8-23-12(7-27-8)15(26)24-9-3-4-11(18)10(5-9)16(2)13(17(19,20)21)6-14(22)25-16/h3-5,7,13H,6H2,1-2H3,(H2,22,25)(H,24,26)/t13-,16-/m0/s1. The van der Waals surface area contributed by atoms with Gasteiger partial charge in [-0.25, -0.2) is 9.37 Å². The number of amides is 1. The molecule has 27 heavy (non-hydrogen) atoms. The Morgan fingerprint density at radius 3 is 2.70 bits per heavy atom. The fourth-order valence-electron chi connectivity index (χ4n) is 3.17. The molecule has 2 atom stereocenters. The molecule has 3 rings (SSSR count). The second-order valence-electron chi connectivity index (χ2n) is 6.45. The molecule has 0 bridgehead atoms. The summed E-state index contributed by atoms with van der Waals surface area (Å²) in [5, 5.41) is 2.46. The average molecular weight is 384 g/mol. The van der Waals surface area contributed by atoms with Gasteiger partial charge in [-0.2, -0.15) is 13.2 Å². The number of amidine groups is 1. The highest BCUT2D eigenvalue weighted by atomic mass is 19.4. The maximum absolute atomic E-state index is 14.4. The van der Waals surface area contributed by atoms with Gasteiger partial charge in [0.2, 0.25) is 0 Å². The summed E-state index contributed by atoms with van der Waals surface area (Å²) in [5.41, 5.74) is 3.37. The molecule has 0 aliphatic carbocycles. The maximum atomic E-state index is 14.4. The Balaban J connectivity index is 1.96. The van der Waals surface area contributed by atoms with Crippen LogP contribution in [-0.2, 0) is 5.54 Å². The van der Waals surface area contributed by atoms with Crippen molar-refractivity contribution in [3.8, 4) is 0 Å². The van der Waals surface area contributed by atoms with E-state index in [0.717, 1.165) is 18.4 Å². The number of hydrogen-bond donors (Lipinski definition) is 2. The Hall–Kier alpha value is -2.91. The van der Waals surface area contributed by atoms with Crippen molar-refractivity contribution < 1.29 is 26.8 Å². The molecule has 144 valence electrons. The Bertz CT molecular complexity index is 922. The first-order valence-corrected chi connectivity index (χ1v) is 7.95. The van der Waals surface area contributed by atoms with Crippen LogP contribution >= 0.6 is 0 Å². The predicted molar refractivity (Wildman–Crippen MR) is 88.7 cm³/mol. The third kappa shape index (κ3) is 3.51. The molecule has 1 aromatic heterocycles. The second kappa shape index (κ2) is 6.36. The Labute approximate surface area is 151 Å². The van der Waals surface area contributed by atoms with Crippen LogP contribution in [0.2, 0.25) is 0 Å². The minimum Gasteiger partial charge on any atom is -0.448 e. The summed E-state index contributed by atoms with van der Waals surface area (Å²) in [7, 11) is 0. The molecule has 0 saturated carbocycles. The van der Waals surface area contributed by atoms with Crippen molar-refractivity contribution in [2.24, 2.45) is 16.6 Å². The number of anilines is 1. The number of carbonyl (C=O) groups excluding carboxylic acids is 1. The molecule has 2 aromatic rings. The number of aromatic nitrogens is 1. The van der Waals surface area contributed by atoms with Gasteiger partial charge < -0.3 is 15.5 Å². The molecule has 1 amide bonds. The first-order valence-electron chi connectivity index (χ1n) is 7.95. The van der Waals surface area contributed by atoms with Gasteiger partial charge in [0, 0.05) is 24.6 Å². The number of rotatable bonds is 3. The largest absolute Gasteiger partial charge is 0.448 e. The van der Waals surface area contributed by atoms with Crippen LogP contribution < -0.4 is 11.1 Å². The molecular weight excluding hydrogens is 368 g/mol. The van der Waals surface area contributed by atoms with Gasteiger partial charge >= 0.3 is 6.18 Å². The van der Waals surface area contributed by atoms with E-state index in [-0.39, 0.29) is 28.7 Å². The molecule has 1 aliphatic heterocycles. The second-order valence-corrected chi connectivity index (χ2v) is 6.45. The van der Waals surface area contributed by atoms with Gasteiger partial charge in [0.05, 0.1) is 17.3 Å². The van der Waals surface area contributed by atoms with Crippen molar-refractivity contribution in [3.63, 3.8) is 0 Å². The fraction of sp³-hybridized carbons (Fsp3) is 0.353. The van der Waals surface area contributed by atoms with Crippen LogP contribution in [0.4, 0.5) is 23.2 Å². The van der Waals surface area contributed by atoms with E-state index in [0.29, 0.717) is 0 Å². The van der Waals surface area contributed by atoms with E-state index in [2.05, 4.69) is 15.3 Å². The quantitative estimate of drug-likeness (QED) is 0.792. The molecule has 0 saturated heterocycles. The lowest BCUT2D eigenvalue weighted by Gasteiger charge is -2.31. The molecule has 0 radical (unpaired) electrons. The first-order chi connectivity index (χ1) is 12.5. The van der Waals surface area contributed by atoms with Gasteiger partial charge in [-0.15, -0.1) is 0 Å². The van der Waals surface area contributed by atoms with Crippen LogP contribution in [0, 0.1) is 18.7 Å². The number of aliphatic imine (C=N–C) groups is 1. The number of aryl methyl sites for hydroxylation is 1. The lowest BCUT2D eigenvalue weighted by molar-refractivity contribution is -0.187. The van der Waals surface area contributed by atoms with Gasteiger partial charge in [-0.1, -0.05) is 0 Å². The lowest BCUT2D eigenvalue weighted by Crippen LogP contribution is -2.38. The number of alkyl halides is 3. The van der Waals surface area contributed by atoms with Crippen LogP contribution in [0.5, 0.6) is 0 Å². The van der Waals surface area contributed by atoms with Crippen molar-refractivity contribution in [2.45, 2.75) is 32.0 Å². The number of halogens is 4. The number of nitrogens with zero attached hydrogens (tertiary/aromatic N) is 2. The molecule has 0 fully saturated rings. The van der Waals surface area contributed by atoms with Crippen LogP contribution in [-0.4, -0.2) is 22.9 Å². The summed E-state index contributed by atoms with van der Waals surface area (Å²) in [6.45, 7) is 2.73. The van der Waals surface area contributed by atoms with Gasteiger partial charge in [0.15, 0.2) is 11.6 Å². The minimum absolute atomic E-state index is 0.0131. The number of nitrogens with one attached hydrogen (secondary N) is 1. The number of hydrogen-bond acceptors (Lipinski definition) is 5. The Morgan fingerprint density at radius 1 is 1.41 bits per heavy atom. The van der Waals surface area contributed by atoms with E-state index in [1.54, 1.807) is 6.92 Å². The molecule has 3 N–H and O–H groups in total. The molecule has 6 nitrogen and oxygen atoms in total. The van der Waals surface area contributed by atoms with Gasteiger partial charge in [0.25, 0.3) is 5.91 Å². The fourth-order valence-corrected chi connectivity index (χ4v) is 3.17. The summed E-state index contributed by atoms with van der Waals surface area (Å²) in [5.74, 6) is -3.41. The Kier molecular flexibility index (Phi) is 4.44. The molecule has 0 spiro atoms. The third-order valence-electron chi connectivity index (χ3n) is 4.48. The highest BCUT2D eigenvalue weighted by Gasteiger charge is 2.56. The summed E-state index contributed by atoms with van der Waals surface area (Å²) in [4.78, 5) is 19.9. The maximum Gasteiger partial charge on any atom is 0.394 e. The topological polar surface area (TPSA) is 93.5 Å². The zero-order valence-corrected chi connectivity index (χ0v) is 14.4. The summed E-state index contributed by atoms with van der Waals surface area (Å²) in [6, 6.07) is 3.33. The van der Waals surface area contributed by atoms with Crippen molar-refractivity contribution in [3.05, 3.63) is 47.4 Å². The van der Waals surface area contributed by atoms with E-state index >= 15 is 0 Å². The highest BCUT2D eigenvalue weighted by Crippen LogP contribution is 2.49. The molecule has 2 heterocycles. The number of oxazole rings is 1. The smallest absolute Gasteiger partial charge is 0.394 e. The van der Waals surface area contributed by atoms with E-state index in [9.17, 15) is 22.4 Å².